The van der Waals surface area contributed by atoms with E-state index < -0.39 is 28.5 Å². The molecule has 0 aliphatic carbocycles. The van der Waals surface area contributed by atoms with Crippen molar-refractivity contribution in [2.45, 2.75) is 17.2 Å². The van der Waals surface area contributed by atoms with Gasteiger partial charge in [0.05, 0.1) is 19.6 Å². The maximum atomic E-state index is 12.6. The highest BCUT2D eigenvalue weighted by molar-refractivity contribution is 7.91. The van der Waals surface area contributed by atoms with E-state index in [-0.39, 0.29) is 17.2 Å². The number of nitrogens with zero attached hydrogens (tertiary/aromatic N) is 1. The van der Waals surface area contributed by atoms with Crippen molar-refractivity contribution in [1.29, 1.82) is 0 Å². The second-order valence-electron chi connectivity index (χ2n) is 6.44. The van der Waals surface area contributed by atoms with Crippen LogP contribution in [0.15, 0.2) is 40.6 Å². The molecular formula is C19H21ClN2O6S2. The Morgan fingerprint density at radius 2 is 1.90 bits per heavy atom. The number of benzene rings is 1. The third-order valence-electron chi connectivity index (χ3n) is 4.32. The summed E-state index contributed by atoms with van der Waals surface area (Å²) in [6.45, 7) is 1.14. The van der Waals surface area contributed by atoms with Gasteiger partial charge in [-0.25, -0.2) is 8.42 Å². The number of morpholine rings is 1. The first-order valence-electron chi connectivity index (χ1n) is 9.18. The number of carbonyl (C=O) groups excluding carboxylic acids is 2. The van der Waals surface area contributed by atoms with Gasteiger partial charge in [-0.15, -0.1) is 11.3 Å². The molecular weight excluding hydrogens is 452 g/mol. The van der Waals surface area contributed by atoms with E-state index in [0.29, 0.717) is 36.2 Å². The third-order valence-corrected chi connectivity index (χ3v) is 8.14. The van der Waals surface area contributed by atoms with Crippen LogP contribution < -0.4 is 5.32 Å². The summed E-state index contributed by atoms with van der Waals surface area (Å²) in [6, 6.07) is 10.2. The number of amides is 1. The molecule has 1 aliphatic heterocycles. The number of ether oxygens (including phenoxy) is 2. The molecule has 0 bridgehead atoms. The highest BCUT2D eigenvalue weighted by atomic mass is 35.5. The molecule has 0 unspecified atom stereocenters. The van der Waals surface area contributed by atoms with E-state index in [2.05, 4.69) is 5.32 Å². The van der Waals surface area contributed by atoms with Gasteiger partial charge in [0.2, 0.25) is 0 Å². The van der Waals surface area contributed by atoms with Gasteiger partial charge < -0.3 is 14.8 Å². The fraction of sp³-hybridized carbons (Fsp3) is 0.368. The Bertz CT molecular complexity index is 1000. The molecule has 0 radical (unpaired) electrons. The number of carbonyl (C=O) groups is 2. The van der Waals surface area contributed by atoms with Crippen LogP contribution in [0.2, 0.25) is 5.02 Å². The predicted molar refractivity (Wildman–Crippen MR) is 112 cm³/mol. The smallest absolute Gasteiger partial charge is 0.311 e. The Kier molecular flexibility index (Phi) is 7.84. The van der Waals surface area contributed by atoms with Crippen molar-refractivity contribution in [3.05, 3.63) is 51.9 Å². The van der Waals surface area contributed by atoms with Gasteiger partial charge >= 0.3 is 5.97 Å². The molecule has 1 N–H and O–H groups in total. The standard InChI is InChI=1S/C19H21ClN2O6S2/c20-16-4-2-1-3-14(16)12-21-17(23)13-28-18(24)11-15-5-6-19(29-15)30(25,26)22-7-9-27-10-8-22/h1-6H,7-13H2,(H,21,23). The molecule has 1 saturated heterocycles. The normalized spacial score (nSPS) is 15.0. The number of rotatable bonds is 8. The lowest BCUT2D eigenvalue weighted by molar-refractivity contribution is -0.147. The van der Waals surface area contributed by atoms with Gasteiger partial charge in [-0.05, 0) is 23.8 Å². The van der Waals surface area contributed by atoms with Crippen LogP contribution in [0.4, 0.5) is 0 Å². The number of esters is 1. The van der Waals surface area contributed by atoms with E-state index in [1.165, 1.54) is 10.4 Å². The number of nitrogens with one attached hydrogen (secondary N) is 1. The second kappa shape index (κ2) is 10.4. The molecule has 0 spiro atoms. The fourth-order valence-electron chi connectivity index (χ4n) is 2.73. The van der Waals surface area contributed by atoms with E-state index in [1.54, 1.807) is 24.3 Å². The van der Waals surface area contributed by atoms with E-state index in [0.717, 1.165) is 16.9 Å². The molecule has 1 aromatic heterocycles. The lowest BCUT2D eigenvalue weighted by Gasteiger charge is -2.25. The molecule has 1 amide bonds. The van der Waals surface area contributed by atoms with Gasteiger partial charge in [-0.3, -0.25) is 9.59 Å². The maximum Gasteiger partial charge on any atom is 0.311 e. The average Bonchev–Trinajstić information content (AvgIpc) is 3.21. The van der Waals surface area contributed by atoms with Gasteiger partial charge in [-0.2, -0.15) is 4.31 Å². The highest BCUT2D eigenvalue weighted by Crippen LogP contribution is 2.26. The van der Waals surface area contributed by atoms with Crippen molar-refractivity contribution in [3.8, 4) is 0 Å². The molecule has 1 aromatic carbocycles. The molecule has 0 saturated carbocycles. The van der Waals surface area contributed by atoms with Gasteiger partial charge in [0.15, 0.2) is 6.61 Å². The Balaban J connectivity index is 1.46. The van der Waals surface area contributed by atoms with E-state index in [4.69, 9.17) is 21.1 Å². The van der Waals surface area contributed by atoms with E-state index in [1.807, 2.05) is 6.07 Å². The maximum absolute atomic E-state index is 12.6. The number of thiophene rings is 1. The first-order valence-corrected chi connectivity index (χ1v) is 11.8. The van der Waals surface area contributed by atoms with Crippen LogP contribution >= 0.6 is 22.9 Å². The zero-order valence-corrected chi connectivity index (χ0v) is 18.4. The molecule has 3 rings (SSSR count). The summed E-state index contributed by atoms with van der Waals surface area (Å²) >= 11 is 7.04. The summed E-state index contributed by atoms with van der Waals surface area (Å²) in [4.78, 5) is 24.4. The molecule has 1 fully saturated rings. The third kappa shape index (κ3) is 6.02. The molecule has 2 aromatic rings. The van der Waals surface area contributed by atoms with Gasteiger partial charge in [0.25, 0.3) is 15.9 Å². The quantitative estimate of drug-likeness (QED) is 0.588. The zero-order valence-electron chi connectivity index (χ0n) is 16.0. The molecule has 0 atom stereocenters. The number of hydrogen-bond donors (Lipinski definition) is 1. The monoisotopic (exact) mass is 472 g/mol. The van der Waals surface area contributed by atoms with Crippen molar-refractivity contribution in [3.63, 3.8) is 0 Å². The van der Waals surface area contributed by atoms with Crippen LogP contribution in [0.3, 0.4) is 0 Å². The predicted octanol–water partition coefficient (Wildman–Crippen LogP) is 1.82. The summed E-state index contributed by atoms with van der Waals surface area (Å²) in [6.07, 6.45) is -0.110. The van der Waals surface area contributed by atoms with Crippen molar-refractivity contribution >= 4 is 44.8 Å². The van der Waals surface area contributed by atoms with Gasteiger partial charge in [0, 0.05) is 29.5 Å². The Morgan fingerprint density at radius 3 is 2.63 bits per heavy atom. The molecule has 11 heteroatoms. The zero-order chi connectivity index (χ0) is 21.6. The topological polar surface area (TPSA) is 102 Å². The van der Waals surface area contributed by atoms with E-state index >= 15 is 0 Å². The van der Waals surface area contributed by atoms with Crippen molar-refractivity contribution in [2.24, 2.45) is 0 Å². The summed E-state index contributed by atoms with van der Waals surface area (Å²) < 4.78 is 36.9. The van der Waals surface area contributed by atoms with Crippen molar-refractivity contribution < 1.29 is 27.5 Å². The second-order valence-corrected chi connectivity index (χ2v) is 10.2. The molecule has 2 heterocycles. The van der Waals surface area contributed by atoms with Crippen LogP contribution in [0.25, 0.3) is 0 Å². The van der Waals surface area contributed by atoms with Crippen LogP contribution in [0.1, 0.15) is 10.4 Å². The lowest BCUT2D eigenvalue weighted by Crippen LogP contribution is -2.40. The molecule has 162 valence electrons. The van der Waals surface area contributed by atoms with Crippen LogP contribution in [-0.2, 0) is 42.1 Å². The Morgan fingerprint density at radius 1 is 1.17 bits per heavy atom. The molecule has 30 heavy (non-hydrogen) atoms. The minimum atomic E-state index is -3.60. The highest BCUT2D eigenvalue weighted by Gasteiger charge is 2.28. The Hall–Kier alpha value is -1.98. The van der Waals surface area contributed by atoms with Crippen LogP contribution in [-0.4, -0.2) is 57.5 Å². The minimum Gasteiger partial charge on any atom is -0.455 e. The first kappa shape index (κ1) is 22.7. The number of sulfonamides is 1. The first-order chi connectivity index (χ1) is 14.4. The van der Waals surface area contributed by atoms with Crippen LogP contribution in [0, 0.1) is 0 Å². The largest absolute Gasteiger partial charge is 0.455 e. The van der Waals surface area contributed by atoms with E-state index in [9.17, 15) is 18.0 Å². The summed E-state index contributed by atoms with van der Waals surface area (Å²) in [5.41, 5.74) is 0.756. The summed E-state index contributed by atoms with van der Waals surface area (Å²) in [5.74, 6) is -1.06. The van der Waals surface area contributed by atoms with Crippen molar-refractivity contribution in [1.82, 2.24) is 9.62 Å². The summed E-state index contributed by atoms with van der Waals surface area (Å²) in [7, 11) is -3.60. The average molecular weight is 473 g/mol. The minimum absolute atomic E-state index is 0.110. The number of hydrogen-bond acceptors (Lipinski definition) is 7. The number of halogens is 1. The molecule has 1 aliphatic rings. The van der Waals surface area contributed by atoms with Crippen molar-refractivity contribution in [2.75, 3.05) is 32.9 Å². The van der Waals surface area contributed by atoms with Crippen LogP contribution in [0.5, 0.6) is 0 Å². The SMILES string of the molecule is O=C(COC(=O)Cc1ccc(S(=O)(=O)N2CCOCC2)s1)NCc1ccccc1Cl. The summed E-state index contributed by atoms with van der Waals surface area (Å²) in [5, 5.41) is 3.16. The fourth-order valence-corrected chi connectivity index (χ4v) is 5.84. The van der Waals surface area contributed by atoms with Gasteiger partial charge in [-0.1, -0.05) is 29.8 Å². The van der Waals surface area contributed by atoms with Gasteiger partial charge in [0.1, 0.15) is 4.21 Å². The molecule has 8 nitrogen and oxygen atoms in total. The Labute approximate surface area is 183 Å². The lowest BCUT2D eigenvalue weighted by atomic mass is 10.2.